The van der Waals surface area contributed by atoms with Gasteiger partial charge in [0.15, 0.2) is 0 Å². The van der Waals surface area contributed by atoms with E-state index >= 15 is 0 Å². The van der Waals surface area contributed by atoms with Crippen molar-refractivity contribution in [2.45, 2.75) is 44.4 Å². The molecule has 0 N–H and O–H groups in total. The number of carbonyl (C=O) groups is 1. The van der Waals surface area contributed by atoms with Crippen LogP contribution < -0.4 is 4.74 Å². The van der Waals surface area contributed by atoms with Gasteiger partial charge in [-0.1, -0.05) is 13.0 Å². The number of hydrogen-bond acceptors (Lipinski definition) is 7. The van der Waals surface area contributed by atoms with Crippen LogP contribution in [0.25, 0.3) is 0 Å². The number of esters is 1. The zero-order valence-electron chi connectivity index (χ0n) is 14.3. The largest absolute Gasteiger partial charge is 0.534 e. The Hall–Kier alpha value is -2.30. The Morgan fingerprint density at radius 3 is 2.63 bits per heavy atom. The molecule has 0 saturated heterocycles. The highest BCUT2D eigenvalue weighted by atomic mass is 32.2. The van der Waals surface area contributed by atoms with Crippen molar-refractivity contribution in [1.29, 1.82) is 0 Å². The second-order valence-corrected chi connectivity index (χ2v) is 7.22. The minimum atomic E-state index is -5.70. The number of alkyl halides is 3. The molecule has 1 aromatic rings. The highest BCUT2D eigenvalue weighted by molar-refractivity contribution is 7.87. The van der Waals surface area contributed by atoms with E-state index in [1.165, 1.54) is 6.20 Å². The van der Waals surface area contributed by atoms with Crippen molar-refractivity contribution >= 4 is 16.1 Å². The van der Waals surface area contributed by atoms with Crippen molar-refractivity contribution in [1.82, 2.24) is 4.98 Å². The summed E-state index contributed by atoms with van der Waals surface area (Å²) in [5.41, 5.74) is -5.50. The fourth-order valence-electron chi connectivity index (χ4n) is 2.26. The lowest BCUT2D eigenvalue weighted by atomic mass is 9.93. The molecule has 0 aliphatic heterocycles. The standard InChI is InChI=1S/C16H18F3NO6S/c1-2-14(24-13-5-3-4-10-20-13)25-15(21)11-6-8-12(9-7-11)26-27(22,23)16(17,18)19/h3-5,8,10-11,14H,2,6-7,9H2,1H3. The number of aromatic nitrogens is 1. The van der Waals surface area contributed by atoms with Crippen molar-refractivity contribution in [2.24, 2.45) is 5.92 Å². The minimum Gasteiger partial charge on any atom is -0.438 e. The third-order valence-electron chi connectivity index (χ3n) is 3.67. The maximum absolute atomic E-state index is 12.3. The number of rotatable bonds is 7. The Labute approximate surface area is 154 Å². The molecule has 0 bridgehead atoms. The van der Waals surface area contributed by atoms with E-state index in [1.807, 2.05) is 0 Å². The average Bonchev–Trinajstić information content (AvgIpc) is 2.61. The molecule has 27 heavy (non-hydrogen) atoms. The molecule has 0 radical (unpaired) electrons. The lowest BCUT2D eigenvalue weighted by Crippen LogP contribution is -2.30. The molecular formula is C16H18F3NO6S. The van der Waals surface area contributed by atoms with Crippen molar-refractivity contribution in [3.63, 3.8) is 0 Å². The third-order valence-corrected chi connectivity index (χ3v) is 4.67. The monoisotopic (exact) mass is 409 g/mol. The van der Waals surface area contributed by atoms with Crippen LogP contribution in [0.3, 0.4) is 0 Å². The van der Waals surface area contributed by atoms with Gasteiger partial charge in [0.25, 0.3) is 0 Å². The summed E-state index contributed by atoms with van der Waals surface area (Å²) >= 11 is 0. The molecule has 1 heterocycles. The normalized spacial score (nSPS) is 19.0. The van der Waals surface area contributed by atoms with Gasteiger partial charge >= 0.3 is 21.6 Å². The first-order valence-electron chi connectivity index (χ1n) is 8.10. The summed E-state index contributed by atoms with van der Waals surface area (Å²) in [5.74, 6) is -1.28. The van der Waals surface area contributed by atoms with Gasteiger partial charge in [0, 0.05) is 25.1 Å². The van der Waals surface area contributed by atoms with Crippen LogP contribution >= 0.6 is 0 Å². The second-order valence-electron chi connectivity index (χ2n) is 5.69. The van der Waals surface area contributed by atoms with Crippen LogP contribution in [-0.2, 0) is 23.8 Å². The Morgan fingerprint density at radius 1 is 1.37 bits per heavy atom. The van der Waals surface area contributed by atoms with Crippen molar-refractivity contribution in [3.8, 4) is 5.88 Å². The van der Waals surface area contributed by atoms with Gasteiger partial charge in [-0.25, -0.2) is 4.98 Å². The molecule has 2 unspecified atom stereocenters. The van der Waals surface area contributed by atoms with Gasteiger partial charge in [-0.15, -0.1) is 0 Å². The number of ether oxygens (including phenoxy) is 2. The Kier molecular flexibility index (Phi) is 6.68. The van der Waals surface area contributed by atoms with E-state index in [0.29, 0.717) is 6.42 Å². The SMILES string of the molecule is CCC(OC(=O)C1CC=C(OS(=O)(=O)C(F)(F)F)CC1)Oc1ccccn1. The maximum atomic E-state index is 12.3. The fourth-order valence-corrected chi connectivity index (χ4v) is 2.78. The van der Waals surface area contributed by atoms with Gasteiger partial charge in [0.05, 0.1) is 5.92 Å². The molecular weight excluding hydrogens is 391 g/mol. The first kappa shape index (κ1) is 21.0. The maximum Gasteiger partial charge on any atom is 0.534 e. The van der Waals surface area contributed by atoms with E-state index in [4.69, 9.17) is 9.47 Å². The molecule has 0 saturated carbocycles. The molecule has 1 aromatic heterocycles. The smallest absolute Gasteiger partial charge is 0.438 e. The summed E-state index contributed by atoms with van der Waals surface area (Å²) in [6, 6.07) is 5.01. The molecule has 1 aliphatic carbocycles. The first-order valence-corrected chi connectivity index (χ1v) is 9.51. The topological polar surface area (TPSA) is 91.8 Å². The lowest BCUT2D eigenvalue weighted by Gasteiger charge is -2.23. The zero-order chi connectivity index (χ0) is 20.1. The van der Waals surface area contributed by atoms with E-state index in [2.05, 4.69) is 9.17 Å². The average molecular weight is 409 g/mol. The molecule has 150 valence electrons. The summed E-state index contributed by atoms with van der Waals surface area (Å²) < 4.78 is 73.7. The number of nitrogens with zero attached hydrogens (tertiary/aromatic N) is 1. The first-order chi connectivity index (χ1) is 12.6. The lowest BCUT2D eigenvalue weighted by molar-refractivity contribution is -0.169. The minimum absolute atomic E-state index is 0.00155. The van der Waals surface area contributed by atoms with Crippen molar-refractivity contribution in [2.75, 3.05) is 0 Å². The predicted molar refractivity (Wildman–Crippen MR) is 86.5 cm³/mol. The molecule has 11 heteroatoms. The molecule has 2 atom stereocenters. The van der Waals surface area contributed by atoms with Gasteiger partial charge in [-0.3, -0.25) is 4.79 Å². The number of hydrogen-bond donors (Lipinski definition) is 0. The van der Waals surface area contributed by atoms with Gasteiger partial charge in [0.1, 0.15) is 5.76 Å². The molecule has 0 fully saturated rings. The number of carbonyl (C=O) groups excluding carboxylic acids is 1. The van der Waals surface area contributed by atoms with Crippen LogP contribution in [0, 0.1) is 5.92 Å². The summed E-state index contributed by atoms with van der Waals surface area (Å²) in [7, 11) is -5.70. The summed E-state index contributed by atoms with van der Waals surface area (Å²) in [6.45, 7) is 1.75. The van der Waals surface area contributed by atoms with Crippen molar-refractivity contribution in [3.05, 3.63) is 36.2 Å². The molecule has 0 amide bonds. The van der Waals surface area contributed by atoms with Crippen LogP contribution in [-0.4, -0.2) is 31.2 Å². The van der Waals surface area contributed by atoms with Crippen LogP contribution in [0.2, 0.25) is 0 Å². The molecule has 1 aliphatic rings. The summed E-state index contributed by atoms with van der Waals surface area (Å²) in [4.78, 5) is 16.2. The quantitative estimate of drug-likeness (QED) is 0.295. The van der Waals surface area contributed by atoms with Crippen molar-refractivity contribution < 1.29 is 40.0 Å². The van der Waals surface area contributed by atoms with Crippen LogP contribution in [0.1, 0.15) is 32.6 Å². The van der Waals surface area contributed by atoms with Crippen LogP contribution in [0.5, 0.6) is 5.88 Å². The van der Waals surface area contributed by atoms with Gasteiger partial charge in [-0.05, 0) is 25.0 Å². The van der Waals surface area contributed by atoms with Crippen LogP contribution in [0.15, 0.2) is 36.2 Å². The molecule has 7 nitrogen and oxygen atoms in total. The Balaban J connectivity index is 1.90. The number of pyridine rings is 1. The Bertz CT molecular complexity index is 779. The number of allylic oxidation sites excluding steroid dienone is 2. The highest BCUT2D eigenvalue weighted by Gasteiger charge is 2.49. The van der Waals surface area contributed by atoms with Gasteiger partial charge < -0.3 is 13.7 Å². The number of halogens is 3. The van der Waals surface area contributed by atoms with E-state index in [9.17, 15) is 26.4 Å². The van der Waals surface area contributed by atoms with E-state index < -0.39 is 33.8 Å². The molecule has 0 aromatic carbocycles. The second kappa shape index (κ2) is 8.59. The molecule has 2 rings (SSSR count). The van der Waals surface area contributed by atoms with E-state index in [1.54, 1.807) is 25.1 Å². The molecule has 0 spiro atoms. The zero-order valence-corrected chi connectivity index (χ0v) is 15.1. The Morgan fingerprint density at radius 2 is 2.11 bits per heavy atom. The fraction of sp³-hybridized carbons (Fsp3) is 0.500. The summed E-state index contributed by atoms with van der Waals surface area (Å²) in [6.07, 6.45) is 2.14. The van der Waals surface area contributed by atoms with Gasteiger partial charge in [-0.2, -0.15) is 21.6 Å². The third kappa shape index (κ3) is 5.84. The van der Waals surface area contributed by atoms with Gasteiger partial charge in [0.2, 0.25) is 12.2 Å². The van der Waals surface area contributed by atoms with Crippen LogP contribution in [0.4, 0.5) is 13.2 Å². The summed E-state index contributed by atoms with van der Waals surface area (Å²) in [5, 5.41) is 0. The van der Waals surface area contributed by atoms with E-state index in [0.717, 1.165) is 6.08 Å². The predicted octanol–water partition coefficient (Wildman–Crippen LogP) is 3.29. The highest BCUT2D eigenvalue weighted by Crippen LogP contribution is 2.31. The van der Waals surface area contributed by atoms with E-state index in [-0.39, 0.29) is 30.9 Å².